The van der Waals surface area contributed by atoms with Gasteiger partial charge in [0.05, 0.1) is 23.4 Å². The predicted octanol–water partition coefficient (Wildman–Crippen LogP) is 2.42. The average molecular weight is 499 g/mol. The molecule has 10 nitrogen and oxygen atoms in total. The molecule has 1 fully saturated rings. The van der Waals surface area contributed by atoms with E-state index in [0.29, 0.717) is 11.3 Å². The van der Waals surface area contributed by atoms with E-state index < -0.39 is 39.8 Å². The Balaban J connectivity index is 1.73. The number of pyridine rings is 1. The molecule has 3 aromatic rings. The fourth-order valence-electron chi connectivity index (χ4n) is 3.80. The van der Waals surface area contributed by atoms with E-state index >= 15 is 0 Å². The molecule has 0 unspecified atom stereocenters. The molecule has 34 heavy (non-hydrogen) atoms. The minimum atomic E-state index is -4.58. The van der Waals surface area contributed by atoms with Crippen molar-refractivity contribution in [2.45, 2.75) is 31.4 Å². The summed E-state index contributed by atoms with van der Waals surface area (Å²) < 4.78 is 73.5. The topological polar surface area (TPSA) is 139 Å². The lowest BCUT2D eigenvalue weighted by Crippen LogP contribution is -2.37. The van der Waals surface area contributed by atoms with Gasteiger partial charge in [0.25, 0.3) is 17.7 Å². The number of nitrogens with zero attached hydrogens (tertiary/aromatic N) is 4. The van der Waals surface area contributed by atoms with Crippen molar-refractivity contribution in [1.82, 2.24) is 19.4 Å². The molecule has 4 heterocycles. The Labute approximate surface area is 191 Å². The SMILES string of the molecule is CC1(c2c(C(N)=O)nc3ccc(Oc4nccnc4OCC(F)(F)F)cn23)CCS(=O)(=O)CC1. The Kier molecular flexibility index (Phi) is 5.87. The maximum Gasteiger partial charge on any atom is 0.422 e. The summed E-state index contributed by atoms with van der Waals surface area (Å²) in [5, 5.41) is 0. The van der Waals surface area contributed by atoms with Crippen LogP contribution < -0.4 is 15.2 Å². The molecule has 0 bridgehead atoms. The van der Waals surface area contributed by atoms with Crippen LogP contribution in [0.2, 0.25) is 0 Å². The number of amides is 1. The number of hydrogen-bond donors (Lipinski definition) is 1. The number of alkyl halides is 3. The first kappa shape index (κ1) is 23.7. The van der Waals surface area contributed by atoms with Crippen LogP contribution in [0.25, 0.3) is 5.65 Å². The maximum atomic E-state index is 12.5. The van der Waals surface area contributed by atoms with Gasteiger partial charge in [0.15, 0.2) is 12.3 Å². The maximum absolute atomic E-state index is 12.5. The van der Waals surface area contributed by atoms with Crippen LogP contribution in [0, 0.1) is 0 Å². The molecule has 1 saturated heterocycles. The fourth-order valence-corrected chi connectivity index (χ4v) is 5.53. The third kappa shape index (κ3) is 4.90. The molecule has 0 aliphatic carbocycles. The predicted molar refractivity (Wildman–Crippen MR) is 113 cm³/mol. The van der Waals surface area contributed by atoms with Crippen molar-refractivity contribution >= 4 is 21.4 Å². The Bertz CT molecular complexity index is 1340. The summed E-state index contributed by atoms with van der Waals surface area (Å²) >= 11 is 0. The summed E-state index contributed by atoms with van der Waals surface area (Å²) in [6.07, 6.45) is -0.200. The fraction of sp³-hybridized carbons (Fsp3) is 0.400. The summed E-state index contributed by atoms with van der Waals surface area (Å²) in [5.74, 6) is -1.47. The highest BCUT2D eigenvalue weighted by atomic mass is 32.2. The van der Waals surface area contributed by atoms with Gasteiger partial charge in [-0.15, -0.1) is 0 Å². The van der Waals surface area contributed by atoms with E-state index in [1.165, 1.54) is 24.5 Å². The summed E-state index contributed by atoms with van der Waals surface area (Å²) in [4.78, 5) is 24.1. The number of aromatic nitrogens is 4. The smallest absolute Gasteiger partial charge is 0.422 e. The highest BCUT2D eigenvalue weighted by Gasteiger charge is 2.40. The van der Waals surface area contributed by atoms with Gasteiger partial charge in [0.1, 0.15) is 21.2 Å². The van der Waals surface area contributed by atoms with Crippen LogP contribution in [0.15, 0.2) is 30.7 Å². The van der Waals surface area contributed by atoms with Crippen molar-refractivity contribution in [3.05, 3.63) is 42.1 Å². The minimum absolute atomic E-state index is 0.00708. The second kappa shape index (κ2) is 8.42. The van der Waals surface area contributed by atoms with E-state index in [4.69, 9.17) is 15.2 Å². The van der Waals surface area contributed by atoms with Crippen molar-refractivity contribution in [3.63, 3.8) is 0 Å². The largest absolute Gasteiger partial charge is 0.464 e. The molecule has 0 atom stereocenters. The Hall–Kier alpha value is -3.42. The summed E-state index contributed by atoms with van der Waals surface area (Å²) in [5.41, 5.74) is 5.64. The molecular formula is C20H20F3N5O5S. The Morgan fingerprint density at radius 3 is 2.44 bits per heavy atom. The van der Waals surface area contributed by atoms with Gasteiger partial charge in [-0.25, -0.2) is 23.4 Å². The molecule has 1 aliphatic rings. The van der Waals surface area contributed by atoms with Crippen LogP contribution in [0.4, 0.5) is 13.2 Å². The number of primary amides is 1. The lowest BCUT2D eigenvalue weighted by Gasteiger charge is -2.33. The first-order valence-corrected chi connectivity index (χ1v) is 11.9. The standard InChI is InChI=1S/C20H20F3N5O5S/c1-19(4-8-34(30,31)9-5-19)15-14(16(24)29)27-13-3-2-12(10-28(13)15)33-18-17(25-6-7-26-18)32-11-20(21,22)23/h2-3,6-7,10H,4-5,8-9,11H2,1H3,(H2,24,29). The lowest BCUT2D eigenvalue weighted by atomic mass is 9.79. The van der Waals surface area contributed by atoms with Crippen LogP contribution in [-0.4, -0.2) is 58.0 Å². The molecule has 3 aromatic heterocycles. The minimum Gasteiger partial charge on any atom is -0.464 e. The van der Waals surface area contributed by atoms with E-state index in [1.807, 2.05) is 6.92 Å². The van der Waals surface area contributed by atoms with Gasteiger partial charge in [-0.1, -0.05) is 6.92 Å². The van der Waals surface area contributed by atoms with Crippen molar-refractivity contribution in [2.24, 2.45) is 5.73 Å². The van der Waals surface area contributed by atoms with Crippen molar-refractivity contribution < 1.29 is 35.9 Å². The zero-order chi connectivity index (χ0) is 24.7. The number of ether oxygens (including phenoxy) is 2. The van der Waals surface area contributed by atoms with Crippen molar-refractivity contribution in [3.8, 4) is 17.5 Å². The number of imidazole rings is 1. The van der Waals surface area contributed by atoms with Crippen LogP contribution in [0.1, 0.15) is 35.9 Å². The molecule has 0 radical (unpaired) electrons. The molecule has 4 rings (SSSR count). The van der Waals surface area contributed by atoms with Crippen LogP contribution in [0.3, 0.4) is 0 Å². The molecule has 0 spiro atoms. The van der Waals surface area contributed by atoms with Gasteiger partial charge in [-0.05, 0) is 25.0 Å². The molecule has 182 valence electrons. The van der Waals surface area contributed by atoms with Gasteiger partial charge >= 0.3 is 6.18 Å². The molecule has 0 aromatic carbocycles. The number of carbonyl (C=O) groups is 1. The van der Waals surface area contributed by atoms with E-state index in [0.717, 1.165) is 6.20 Å². The highest BCUT2D eigenvalue weighted by Crippen LogP contribution is 2.39. The van der Waals surface area contributed by atoms with Gasteiger partial charge in [0.2, 0.25) is 0 Å². The first-order chi connectivity index (χ1) is 15.9. The number of nitrogens with two attached hydrogens (primary N) is 1. The number of hydrogen-bond acceptors (Lipinski definition) is 8. The molecule has 14 heteroatoms. The number of fused-ring (bicyclic) bond motifs is 1. The second-order valence-corrected chi connectivity index (χ2v) is 10.5. The monoisotopic (exact) mass is 499 g/mol. The van der Waals surface area contributed by atoms with Crippen LogP contribution in [-0.2, 0) is 15.3 Å². The van der Waals surface area contributed by atoms with Crippen molar-refractivity contribution in [1.29, 1.82) is 0 Å². The number of carbonyl (C=O) groups excluding carboxylic acids is 1. The molecule has 1 aliphatic heterocycles. The molecule has 2 N–H and O–H groups in total. The lowest BCUT2D eigenvalue weighted by molar-refractivity contribution is -0.154. The first-order valence-electron chi connectivity index (χ1n) is 10.1. The van der Waals surface area contributed by atoms with Gasteiger partial charge in [-0.2, -0.15) is 13.2 Å². The van der Waals surface area contributed by atoms with Gasteiger partial charge < -0.3 is 15.2 Å². The Morgan fingerprint density at radius 2 is 1.82 bits per heavy atom. The molecular weight excluding hydrogens is 479 g/mol. The quantitative estimate of drug-likeness (QED) is 0.546. The highest BCUT2D eigenvalue weighted by molar-refractivity contribution is 7.91. The number of sulfone groups is 1. The van der Waals surface area contributed by atoms with Crippen molar-refractivity contribution in [2.75, 3.05) is 18.1 Å². The van der Waals surface area contributed by atoms with E-state index in [1.54, 1.807) is 4.40 Å². The van der Waals surface area contributed by atoms with E-state index in [2.05, 4.69) is 15.0 Å². The van der Waals surface area contributed by atoms with Crippen LogP contribution >= 0.6 is 0 Å². The third-order valence-corrected chi connectivity index (χ3v) is 7.20. The van der Waals surface area contributed by atoms with Crippen LogP contribution in [0.5, 0.6) is 17.5 Å². The molecule has 1 amide bonds. The van der Waals surface area contributed by atoms with E-state index in [9.17, 15) is 26.4 Å². The summed E-state index contributed by atoms with van der Waals surface area (Å²) in [6.45, 7) is 0.257. The number of halogens is 3. The summed E-state index contributed by atoms with van der Waals surface area (Å²) in [7, 11) is -3.18. The number of rotatable bonds is 6. The molecule has 0 saturated carbocycles. The Morgan fingerprint density at radius 1 is 1.18 bits per heavy atom. The second-order valence-electron chi connectivity index (χ2n) is 8.15. The third-order valence-electron chi connectivity index (χ3n) is 5.55. The zero-order valence-corrected chi connectivity index (χ0v) is 18.7. The normalized spacial score (nSPS) is 17.4. The average Bonchev–Trinajstić information content (AvgIpc) is 3.15. The van der Waals surface area contributed by atoms with E-state index in [-0.39, 0.29) is 41.7 Å². The summed E-state index contributed by atoms with van der Waals surface area (Å²) in [6, 6.07) is 3.01. The zero-order valence-electron chi connectivity index (χ0n) is 17.9. The van der Waals surface area contributed by atoms with Gasteiger partial charge in [0, 0.05) is 17.8 Å². The van der Waals surface area contributed by atoms with Gasteiger partial charge in [-0.3, -0.25) is 9.20 Å².